The maximum atomic E-state index is 4.05. The van der Waals surface area contributed by atoms with Crippen molar-refractivity contribution in [2.45, 2.75) is 0 Å². The predicted octanol–water partition coefficient (Wildman–Crippen LogP) is 3.33. The van der Waals surface area contributed by atoms with Crippen LogP contribution in [0.1, 0.15) is 0 Å². The highest BCUT2D eigenvalue weighted by Gasteiger charge is 2.05. The minimum Gasteiger partial charge on any atom is -0.264 e. The first-order valence-electron chi connectivity index (χ1n) is 4.07. The Bertz CT molecular complexity index is 349. The van der Waals surface area contributed by atoms with Crippen molar-refractivity contribution in [2.75, 3.05) is 0 Å². The maximum absolute atomic E-state index is 4.05. The standard InChI is InChI=1S/C10H8N2S2/c1-3-11-5-7-13-9(1)10-2-4-12-6-8-14-10/h1-8H. The van der Waals surface area contributed by atoms with Crippen LogP contribution in [-0.4, -0.2) is 12.4 Å². The molecule has 0 N–H and O–H groups in total. The van der Waals surface area contributed by atoms with E-state index in [4.69, 9.17) is 0 Å². The number of hydrogen-bond acceptors (Lipinski definition) is 4. The number of aliphatic imine (C=N–C) groups is 2. The normalized spacial score (nSPS) is 20.0. The Balaban J connectivity index is 2.22. The van der Waals surface area contributed by atoms with Gasteiger partial charge in [-0.25, -0.2) is 0 Å². The number of rotatable bonds is 1. The van der Waals surface area contributed by atoms with Crippen LogP contribution < -0.4 is 0 Å². The van der Waals surface area contributed by atoms with Crippen molar-refractivity contribution in [2.24, 2.45) is 9.98 Å². The van der Waals surface area contributed by atoms with Gasteiger partial charge in [0.1, 0.15) is 0 Å². The molecule has 0 aromatic rings. The minimum absolute atomic E-state index is 1.20. The second kappa shape index (κ2) is 5.02. The van der Waals surface area contributed by atoms with E-state index in [0.717, 1.165) is 0 Å². The molecule has 2 aliphatic heterocycles. The Morgan fingerprint density at radius 1 is 0.786 bits per heavy atom. The Labute approximate surface area is 91.3 Å². The summed E-state index contributed by atoms with van der Waals surface area (Å²) in [6.07, 6.45) is 11.2. The molecule has 4 heteroatoms. The molecule has 14 heavy (non-hydrogen) atoms. The molecule has 0 radical (unpaired) electrons. The lowest BCUT2D eigenvalue weighted by Gasteiger charge is -2.03. The van der Waals surface area contributed by atoms with Crippen LogP contribution in [0.4, 0.5) is 0 Å². The third-order valence-corrected chi connectivity index (χ3v) is 3.42. The van der Waals surface area contributed by atoms with Crippen LogP contribution in [0.5, 0.6) is 0 Å². The smallest absolute Gasteiger partial charge is 0.0334 e. The van der Waals surface area contributed by atoms with Gasteiger partial charge in [0.2, 0.25) is 0 Å². The molecule has 0 saturated heterocycles. The van der Waals surface area contributed by atoms with Gasteiger partial charge in [-0.15, -0.1) is 0 Å². The Hall–Kier alpha value is -1.00. The van der Waals surface area contributed by atoms with Gasteiger partial charge in [0.15, 0.2) is 0 Å². The van der Waals surface area contributed by atoms with Crippen molar-refractivity contribution in [3.8, 4) is 0 Å². The molecule has 70 valence electrons. The highest BCUT2D eigenvalue weighted by atomic mass is 32.2. The van der Waals surface area contributed by atoms with Gasteiger partial charge < -0.3 is 0 Å². The molecular weight excluding hydrogens is 212 g/mol. The average Bonchev–Trinajstić information content (AvgIpc) is 2.62. The summed E-state index contributed by atoms with van der Waals surface area (Å²) in [7, 11) is 0. The fraction of sp³-hybridized carbons (Fsp3) is 0. The van der Waals surface area contributed by atoms with Crippen LogP contribution in [0.2, 0.25) is 0 Å². The van der Waals surface area contributed by atoms with Crippen LogP contribution in [0, 0.1) is 0 Å². The second-order valence-corrected chi connectivity index (χ2v) is 4.36. The van der Waals surface area contributed by atoms with Gasteiger partial charge in [-0.05, 0) is 23.0 Å². The summed E-state index contributed by atoms with van der Waals surface area (Å²) < 4.78 is 0. The van der Waals surface area contributed by atoms with Crippen LogP contribution in [-0.2, 0) is 0 Å². The van der Waals surface area contributed by atoms with E-state index in [0.29, 0.717) is 0 Å². The highest BCUT2D eigenvalue weighted by Crippen LogP contribution is 2.34. The van der Waals surface area contributed by atoms with Gasteiger partial charge in [-0.2, -0.15) is 0 Å². The van der Waals surface area contributed by atoms with Crippen molar-refractivity contribution in [1.29, 1.82) is 0 Å². The molecule has 0 fully saturated rings. The lowest BCUT2D eigenvalue weighted by atomic mass is 10.4. The van der Waals surface area contributed by atoms with Gasteiger partial charge >= 0.3 is 0 Å². The zero-order chi connectivity index (χ0) is 9.64. The molecule has 0 bridgehead atoms. The lowest BCUT2D eigenvalue weighted by molar-refractivity contribution is 1.62. The first kappa shape index (κ1) is 9.55. The fourth-order valence-electron chi connectivity index (χ4n) is 0.958. The van der Waals surface area contributed by atoms with Crippen molar-refractivity contribution in [3.63, 3.8) is 0 Å². The molecule has 0 amide bonds. The molecule has 0 atom stereocenters. The van der Waals surface area contributed by atoms with Gasteiger partial charge in [-0.3, -0.25) is 9.98 Å². The molecule has 0 saturated carbocycles. The molecule has 0 unspecified atom stereocenters. The molecule has 0 aromatic heterocycles. The zero-order valence-electron chi connectivity index (χ0n) is 7.33. The Kier molecular flexibility index (Phi) is 3.43. The molecule has 0 spiro atoms. The molecular formula is C10H8N2S2. The lowest BCUT2D eigenvalue weighted by Crippen LogP contribution is -1.79. The third kappa shape index (κ3) is 2.49. The van der Waals surface area contributed by atoms with Crippen molar-refractivity contribution in [3.05, 3.63) is 45.2 Å². The molecule has 0 aliphatic carbocycles. The largest absolute Gasteiger partial charge is 0.264 e. The number of nitrogens with zero attached hydrogens (tertiary/aromatic N) is 2. The van der Waals surface area contributed by atoms with Crippen LogP contribution >= 0.6 is 23.5 Å². The van der Waals surface area contributed by atoms with Crippen molar-refractivity contribution in [1.82, 2.24) is 0 Å². The molecule has 2 nitrogen and oxygen atoms in total. The SMILES string of the molecule is C1=CSC(C2=CC=NC=CS2)=CC=N1. The zero-order valence-corrected chi connectivity index (χ0v) is 8.96. The topological polar surface area (TPSA) is 24.7 Å². The summed E-state index contributed by atoms with van der Waals surface area (Å²) in [5.74, 6) is 0. The molecule has 2 heterocycles. The summed E-state index contributed by atoms with van der Waals surface area (Å²) >= 11 is 3.34. The van der Waals surface area contributed by atoms with E-state index in [1.54, 1.807) is 48.4 Å². The minimum atomic E-state index is 1.20. The fourth-order valence-corrected chi connectivity index (χ4v) is 2.45. The maximum Gasteiger partial charge on any atom is 0.0334 e. The summed E-state index contributed by atoms with van der Waals surface area (Å²) in [6.45, 7) is 0. The van der Waals surface area contributed by atoms with Gasteiger partial charge in [0.05, 0.1) is 0 Å². The van der Waals surface area contributed by atoms with Gasteiger partial charge in [0, 0.05) is 34.6 Å². The Morgan fingerprint density at radius 3 is 1.79 bits per heavy atom. The monoisotopic (exact) mass is 220 g/mol. The number of allylic oxidation sites excluding steroid dienone is 2. The summed E-state index contributed by atoms with van der Waals surface area (Å²) in [5.41, 5.74) is 0. The predicted molar refractivity (Wildman–Crippen MR) is 66.6 cm³/mol. The van der Waals surface area contributed by atoms with E-state index >= 15 is 0 Å². The van der Waals surface area contributed by atoms with E-state index in [-0.39, 0.29) is 0 Å². The van der Waals surface area contributed by atoms with E-state index in [9.17, 15) is 0 Å². The molecule has 2 rings (SSSR count). The van der Waals surface area contributed by atoms with Crippen molar-refractivity contribution < 1.29 is 0 Å². The summed E-state index contributed by atoms with van der Waals surface area (Å²) in [4.78, 5) is 10.5. The first-order chi connectivity index (χ1) is 6.97. The van der Waals surface area contributed by atoms with Crippen LogP contribution in [0.15, 0.2) is 55.2 Å². The van der Waals surface area contributed by atoms with E-state index in [2.05, 4.69) is 9.98 Å². The number of thioether (sulfide) groups is 2. The molecule has 0 aromatic carbocycles. The van der Waals surface area contributed by atoms with Crippen LogP contribution in [0.3, 0.4) is 0 Å². The second-order valence-electron chi connectivity index (χ2n) is 2.46. The number of hydrogen-bond donors (Lipinski definition) is 0. The van der Waals surface area contributed by atoms with E-state index in [1.807, 2.05) is 23.0 Å². The summed E-state index contributed by atoms with van der Waals surface area (Å²) in [6, 6.07) is 0. The highest BCUT2D eigenvalue weighted by molar-refractivity contribution is 8.11. The van der Waals surface area contributed by atoms with Gasteiger partial charge in [0.25, 0.3) is 0 Å². The van der Waals surface area contributed by atoms with E-state index in [1.165, 1.54) is 9.81 Å². The quantitative estimate of drug-likeness (QED) is 0.677. The summed E-state index contributed by atoms with van der Waals surface area (Å²) in [5, 5.41) is 3.95. The van der Waals surface area contributed by atoms with Crippen molar-refractivity contribution >= 4 is 36.0 Å². The molecule has 2 aliphatic rings. The van der Waals surface area contributed by atoms with Gasteiger partial charge in [-0.1, -0.05) is 23.5 Å². The third-order valence-electron chi connectivity index (χ3n) is 1.55. The Morgan fingerprint density at radius 2 is 1.29 bits per heavy atom. The van der Waals surface area contributed by atoms with E-state index < -0.39 is 0 Å². The van der Waals surface area contributed by atoms with Crippen LogP contribution in [0.25, 0.3) is 0 Å². The average molecular weight is 220 g/mol. The first-order valence-corrected chi connectivity index (χ1v) is 5.83.